The van der Waals surface area contributed by atoms with Gasteiger partial charge in [-0.05, 0) is 49.7 Å². The van der Waals surface area contributed by atoms with Crippen molar-refractivity contribution in [2.24, 2.45) is 11.8 Å². The van der Waals surface area contributed by atoms with Crippen molar-refractivity contribution >= 4 is 32.8 Å². The number of aromatic carboxylic acids is 1. The highest BCUT2D eigenvalue weighted by atomic mass is 32.2. The molecule has 0 aliphatic heterocycles. The molecule has 1 unspecified atom stereocenters. The molecule has 2 aliphatic rings. The van der Waals surface area contributed by atoms with Gasteiger partial charge in [0.05, 0.1) is 10.9 Å². The Balaban J connectivity index is 1.97. The smallest absolute Gasteiger partial charge is 0.341 e. The zero-order valence-corrected chi connectivity index (χ0v) is 15.1. The van der Waals surface area contributed by atoms with Gasteiger partial charge in [0.15, 0.2) is 15.7 Å². The zero-order valence-electron chi connectivity index (χ0n) is 13.5. The van der Waals surface area contributed by atoms with Crippen LogP contribution in [0.5, 0.6) is 0 Å². The van der Waals surface area contributed by atoms with Crippen LogP contribution in [0, 0.1) is 23.5 Å². The average Bonchev–Trinajstić information content (AvgIpc) is 3.40. The quantitative estimate of drug-likeness (QED) is 0.637. The molecular formula is C15H17F2NO6S2. The normalized spacial score (nSPS) is 18.8. The third-order valence-corrected chi connectivity index (χ3v) is 7.71. The molecule has 3 rings (SSSR count). The van der Waals surface area contributed by atoms with Gasteiger partial charge in [-0.25, -0.2) is 26.2 Å². The van der Waals surface area contributed by atoms with E-state index >= 15 is 0 Å². The summed E-state index contributed by atoms with van der Waals surface area (Å²) in [6.07, 6.45) is 3.04. The van der Waals surface area contributed by atoms with E-state index in [1.54, 1.807) is 0 Å². The Kier molecular flexibility index (Phi) is 5.06. The Morgan fingerprint density at radius 3 is 2.19 bits per heavy atom. The lowest BCUT2D eigenvalue weighted by Gasteiger charge is -2.24. The summed E-state index contributed by atoms with van der Waals surface area (Å²) >= 11 is -2.94. The van der Waals surface area contributed by atoms with E-state index in [-0.39, 0.29) is 11.8 Å². The Labute approximate surface area is 151 Å². The maximum atomic E-state index is 14.4. The van der Waals surface area contributed by atoms with Crippen LogP contribution in [0.1, 0.15) is 36.0 Å². The lowest BCUT2D eigenvalue weighted by atomic mass is 10.1. The number of sulfone groups is 1. The molecule has 7 nitrogen and oxygen atoms in total. The van der Waals surface area contributed by atoms with Gasteiger partial charge >= 0.3 is 5.97 Å². The second kappa shape index (κ2) is 6.86. The predicted molar refractivity (Wildman–Crippen MR) is 89.6 cm³/mol. The third kappa shape index (κ3) is 3.74. The number of benzene rings is 1. The molecule has 1 aromatic carbocycles. The predicted octanol–water partition coefficient (Wildman–Crippen LogP) is 2.17. The van der Waals surface area contributed by atoms with Crippen LogP contribution in [0.25, 0.3) is 0 Å². The lowest BCUT2D eigenvalue weighted by Crippen LogP contribution is -2.39. The Bertz CT molecular complexity index is 855. The molecule has 2 saturated carbocycles. The molecule has 144 valence electrons. The molecule has 1 atom stereocenters. The van der Waals surface area contributed by atoms with E-state index in [0.29, 0.717) is 10.4 Å². The topological polar surface area (TPSA) is 112 Å². The molecule has 0 saturated heterocycles. The van der Waals surface area contributed by atoms with Crippen LogP contribution in [0.4, 0.5) is 14.5 Å². The summed E-state index contributed by atoms with van der Waals surface area (Å²) in [7, 11) is -3.88. The molecule has 0 aromatic heterocycles. The largest absolute Gasteiger partial charge is 0.477 e. The van der Waals surface area contributed by atoms with E-state index in [2.05, 4.69) is 0 Å². The maximum absolute atomic E-state index is 14.4. The average molecular weight is 409 g/mol. The summed E-state index contributed by atoms with van der Waals surface area (Å²) in [4.78, 5) is 11.0. The first-order valence-corrected chi connectivity index (χ1v) is 10.7. The van der Waals surface area contributed by atoms with Crippen LogP contribution in [-0.4, -0.2) is 39.4 Å². The van der Waals surface area contributed by atoms with Gasteiger partial charge in [-0.2, -0.15) is 0 Å². The van der Waals surface area contributed by atoms with Crippen molar-refractivity contribution in [3.05, 3.63) is 29.3 Å². The second-order valence-corrected chi connectivity index (χ2v) is 9.63. The van der Waals surface area contributed by atoms with E-state index in [1.807, 2.05) is 0 Å². The van der Waals surface area contributed by atoms with Crippen molar-refractivity contribution in [3.8, 4) is 0 Å². The van der Waals surface area contributed by atoms with Crippen LogP contribution in [-0.2, 0) is 21.1 Å². The Morgan fingerprint density at radius 2 is 1.77 bits per heavy atom. The molecule has 1 aromatic rings. The zero-order chi connectivity index (χ0) is 19.2. The van der Waals surface area contributed by atoms with Gasteiger partial charge in [0, 0.05) is 0 Å². The third-order valence-electron chi connectivity index (χ3n) is 4.63. The van der Waals surface area contributed by atoms with Crippen LogP contribution < -0.4 is 4.31 Å². The lowest BCUT2D eigenvalue weighted by molar-refractivity contribution is 0.0686. The van der Waals surface area contributed by atoms with Crippen molar-refractivity contribution < 1.29 is 35.9 Å². The number of nitrogens with zero attached hydrogens (tertiary/aromatic N) is 1. The van der Waals surface area contributed by atoms with E-state index in [9.17, 15) is 30.8 Å². The standard InChI is InChI=1S/C15H17F2NO6S2/c16-10-5-6-11(13(17)12(10)15(19)20)18(25(21)22)7-26(23,24)14(8-1-2-8)9-3-4-9/h5-6,8-9,14H,1-4,7H2,(H,19,20)(H,21,22). The number of hydrogen-bond acceptors (Lipinski definition) is 4. The van der Waals surface area contributed by atoms with Crippen molar-refractivity contribution in [1.29, 1.82) is 0 Å². The number of carboxylic acid groups (broad SMARTS) is 1. The molecule has 0 radical (unpaired) electrons. The van der Waals surface area contributed by atoms with Gasteiger partial charge < -0.3 is 5.11 Å². The monoisotopic (exact) mass is 409 g/mol. The number of carboxylic acids is 1. The molecule has 0 bridgehead atoms. The highest BCUT2D eigenvalue weighted by molar-refractivity contribution is 7.93. The number of carbonyl (C=O) groups is 1. The maximum Gasteiger partial charge on any atom is 0.341 e. The Morgan fingerprint density at radius 1 is 1.23 bits per heavy atom. The Hall–Kier alpha value is -1.59. The first-order chi connectivity index (χ1) is 12.1. The molecule has 2 aliphatic carbocycles. The van der Waals surface area contributed by atoms with Gasteiger partial charge in [-0.1, -0.05) is 0 Å². The van der Waals surface area contributed by atoms with Crippen LogP contribution in [0.2, 0.25) is 0 Å². The molecule has 26 heavy (non-hydrogen) atoms. The fourth-order valence-corrected chi connectivity index (χ4v) is 6.67. The van der Waals surface area contributed by atoms with Crippen molar-refractivity contribution in [3.63, 3.8) is 0 Å². The second-order valence-electron chi connectivity index (χ2n) is 6.60. The van der Waals surface area contributed by atoms with E-state index in [1.165, 1.54) is 0 Å². The molecule has 11 heteroatoms. The SMILES string of the molecule is O=C(O)c1c(F)ccc(N(CS(=O)(=O)C(C2CC2)C2CC2)S(=O)O)c1F. The van der Waals surface area contributed by atoms with Gasteiger partial charge in [0.1, 0.15) is 17.3 Å². The summed E-state index contributed by atoms with van der Waals surface area (Å²) in [5, 5.41) is 8.26. The first-order valence-electron chi connectivity index (χ1n) is 7.95. The summed E-state index contributed by atoms with van der Waals surface area (Å²) < 4.78 is 75.0. The highest BCUT2D eigenvalue weighted by Crippen LogP contribution is 2.48. The number of hydrogen-bond donors (Lipinski definition) is 2. The molecule has 2 fully saturated rings. The van der Waals surface area contributed by atoms with Crippen molar-refractivity contribution in [2.75, 3.05) is 10.2 Å². The number of anilines is 1. The molecule has 0 heterocycles. The summed E-state index contributed by atoms with van der Waals surface area (Å²) in [5.41, 5.74) is -2.06. The number of halogens is 2. The molecular weight excluding hydrogens is 392 g/mol. The summed E-state index contributed by atoms with van der Waals surface area (Å²) in [6.45, 7) is 0. The minimum atomic E-state index is -3.88. The summed E-state index contributed by atoms with van der Waals surface area (Å²) in [6, 6.07) is 1.37. The fourth-order valence-electron chi connectivity index (χ4n) is 3.20. The van der Waals surface area contributed by atoms with Gasteiger partial charge in [0.25, 0.3) is 11.3 Å². The summed E-state index contributed by atoms with van der Waals surface area (Å²) in [5.74, 6) is -5.82. The number of rotatable bonds is 8. The molecule has 0 amide bonds. The minimum absolute atomic E-state index is 0.00544. The first kappa shape index (κ1) is 19.2. The van der Waals surface area contributed by atoms with Crippen LogP contribution in [0.3, 0.4) is 0 Å². The van der Waals surface area contributed by atoms with E-state index < -0.39 is 61.1 Å². The highest BCUT2D eigenvalue weighted by Gasteiger charge is 2.49. The van der Waals surface area contributed by atoms with Gasteiger partial charge in [0.2, 0.25) is 0 Å². The van der Waals surface area contributed by atoms with Crippen molar-refractivity contribution in [1.82, 2.24) is 0 Å². The fraction of sp³-hybridized carbons (Fsp3) is 0.533. The van der Waals surface area contributed by atoms with E-state index in [0.717, 1.165) is 31.7 Å². The van der Waals surface area contributed by atoms with Gasteiger partial charge in [-0.15, -0.1) is 0 Å². The van der Waals surface area contributed by atoms with Crippen molar-refractivity contribution in [2.45, 2.75) is 30.9 Å². The molecule has 0 spiro atoms. The van der Waals surface area contributed by atoms with E-state index in [4.69, 9.17) is 5.11 Å². The van der Waals surface area contributed by atoms with Crippen LogP contribution >= 0.6 is 0 Å². The molecule has 2 N–H and O–H groups in total. The van der Waals surface area contributed by atoms with Gasteiger partial charge in [-0.3, -0.25) is 8.86 Å². The van der Waals surface area contributed by atoms with Crippen LogP contribution in [0.15, 0.2) is 12.1 Å². The minimum Gasteiger partial charge on any atom is -0.477 e.